The van der Waals surface area contributed by atoms with Gasteiger partial charge in [-0.3, -0.25) is 9.88 Å². The highest BCUT2D eigenvalue weighted by atomic mass is 35.5. The molecule has 0 bridgehead atoms. The number of guanidine groups is 1. The lowest BCUT2D eigenvalue weighted by Crippen LogP contribution is -2.31. The van der Waals surface area contributed by atoms with Crippen molar-refractivity contribution in [2.75, 3.05) is 18.5 Å². The van der Waals surface area contributed by atoms with E-state index in [1.165, 1.54) is 0 Å². The van der Waals surface area contributed by atoms with Gasteiger partial charge in [-0.05, 0) is 17.7 Å². The molecule has 2 aliphatic rings. The number of imidazole rings is 1. The van der Waals surface area contributed by atoms with Gasteiger partial charge in [-0.25, -0.2) is 9.98 Å². The lowest BCUT2D eigenvalue weighted by atomic mass is 10.1. The van der Waals surface area contributed by atoms with Gasteiger partial charge in [0, 0.05) is 18.6 Å². The average Bonchev–Trinajstić information content (AvgIpc) is 2.83. The first kappa shape index (κ1) is 16.5. The topological polar surface area (TPSA) is 86.7 Å². The summed E-state index contributed by atoms with van der Waals surface area (Å²) in [5.41, 5.74) is 8.45. The highest BCUT2D eigenvalue weighted by molar-refractivity contribution is 6.42. The van der Waals surface area contributed by atoms with Crippen LogP contribution in [0.1, 0.15) is 18.2 Å². The Hall–Kier alpha value is -2.64. The zero-order chi connectivity index (χ0) is 18.5. The third-order valence-corrected chi connectivity index (χ3v) is 5.29. The molecule has 1 aromatic heterocycles. The van der Waals surface area contributed by atoms with Gasteiger partial charge in [-0.2, -0.15) is 0 Å². The van der Waals surface area contributed by atoms with E-state index >= 15 is 0 Å². The van der Waals surface area contributed by atoms with Crippen LogP contribution < -0.4 is 20.5 Å². The Morgan fingerprint density at radius 3 is 2.63 bits per heavy atom. The molecule has 0 spiro atoms. The maximum atomic E-state index is 6.21. The van der Waals surface area contributed by atoms with E-state index in [9.17, 15) is 0 Å². The van der Waals surface area contributed by atoms with E-state index in [4.69, 9.17) is 38.4 Å². The van der Waals surface area contributed by atoms with Crippen molar-refractivity contribution in [1.82, 2.24) is 9.55 Å². The number of ether oxygens (including phenoxy) is 2. The van der Waals surface area contributed by atoms with Crippen LogP contribution in [0.2, 0.25) is 10.0 Å². The normalized spacial score (nSPS) is 18.4. The molecule has 5 rings (SSSR count). The maximum absolute atomic E-state index is 6.21. The first-order chi connectivity index (χ1) is 13.1. The molecular weight excluding hydrogens is 389 g/mol. The number of halogens is 2. The molecule has 3 N–H and O–H groups in total. The highest BCUT2D eigenvalue weighted by Crippen LogP contribution is 2.39. The average molecular weight is 404 g/mol. The molecule has 1 atom stereocenters. The number of rotatable bonds is 1. The molecular formula is C18H15Cl2N5O2. The second-order valence-electron chi connectivity index (χ2n) is 6.33. The van der Waals surface area contributed by atoms with Crippen LogP contribution in [0.15, 0.2) is 35.3 Å². The molecule has 0 aliphatic carbocycles. The van der Waals surface area contributed by atoms with Gasteiger partial charge in [0.25, 0.3) is 0 Å². The van der Waals surface area contributed by atoms with Crippen LogP contribution in [0, 0.1) is 0 Å². The van der Waals surface area contributed by atoms with Gasteiger partial charge in [0.05, 0.1) is 34.3 Å². The summed E-state index contributed by atoms with van der Waals surface area (Å²) in [6, 6.07) is 9.21. The molecule has 2 aliphatic heterocycles. The van der Waals surface area contributed by atoms with Crippen molar-refractivity contribution >= 4 is 46.1 Å². The van der Waals surface area contributed by atoms with Crippen molar-refractivity contribution in [2.45, 2.75) is 12.6 Å². The maximum Gasteiger partial charge on any atom is 0.212 e. The molecule has 138 valence electrons. The number of nitrogens with one attached hydrogen (secondary N) is 1. The van der Waals surface area contributed by atoms with Crippen LogP contribution in [-0.4, -0.2) is 28.7 Å². The molecule has 2 aromatic carbocycles. The molecule has 0 saturated carbocycles. The van der Waals surface area contributed by atoms with Crippen molar-refractivity contribution in [3.8, 4) is 11.5 Å². The van der Waals surface area contributed by atoms with E-state index in [1.807, 2.05) is 22.8 Å². The molecule has 3 aromatic rings. The third-order valence-electron chi connectivity index (χ3n) is 4.55. The fourth-order valence-electron chi connectivity index (χ4n) is 3.32. The van der Waals surface area contributed by atoms with Gasteiger partial charge in [0.1, 0.15) is 0 Å². The Bertz CT molecular complexity index is 1100. The lowest BCUT2D eigenvalue weighted by Gasteiger charge is -2.24. The number of hydrogen-bond acceptors (Lipinski definition) is 6. The summed E-state index contributed by atoms with van der Waals surface area (Å²) < 4.78 is 13.6. The summed E-state index contributed by atoms with van der Waals surface area (Å²) in [5.74, 6) is 2.25. The molecule has 1 unspecified atom stereocenters. The molecule has 7 nitrogen and oxygen atoms in total. The minimum atomic E-state index is -0.425. The molecule has 0 fully saturated rings. The first-order valence-corrected chi connectivity index (χ1v) is 9.22. The Kier molecular flexibility index (Phi) is 3.80. The van der Waals surface area contributed by atoms with Gasteiger partial charge >= 0.3 is 0 Å². The van der Waals surface area contributed by atoms with Crippen LogP contribution in [0.4, 0.5) is 5.95 Å². The van der Waals surface area contributed by atoms with E-state index in [1.54, 1.807) is 12.1 Å². The standard InChI is InChI=1S/C18H15Cl2N5O2/c19-10-3-2-9(6-11(10)20)16-23-17(21)24-18-22-12-7-14-15(8-13(12)25(16)18)27-5-1-4-26-14/h2-3,6-8,16H,1,4-5H2,(H3,21,22,23,24). The lowest BCUT2D eigenvalue weighted by molar-refractivity contribution is 0.297. The summed E-state index contributed by atoms with van der Waals surface area (Å²) in [7, 11) is 0. The van der Waals surface area contributed by atoms with Gasteiger partial charge in [-0.1, -0.05) is 29.3 Å². The van der Waals surface area contributed by atoms with Crippen LogP contribution in [-0.2, 0) is 0 Å². The van der Waals surface area contributed by atoms with E-state index < -0.39 is 6.17 Å². The number of nitrogens with two attached hydrogens (primary N) is 1. The van der Waals surface area contributed by atoms with Crippen molar-refractivity contribution in [2.24, 2.45) is 10.7 Å². The molecule has 0 amide bonds. The van der Waals surface area contributed by atoms with Gasteiger partial charge in [0.15, 0.2) is 23.6 Å². The number of aliphatic imine (C=N–C) groups is 1. The smallest absolute Gasteiger partial charge is 0.212 e. The third kappa shape index (κ3) is 2.74. The van der Waals surface area contributed by atoms with E-state index in [0.717, 1.165) is 23.0 Å². The SMILES string of the molecule is NC1=NC(c2ccc(Cl)c(Cl)c2)n2c(nc3cc4c(cc32)OCCCO4)N1. The van der Waals surface area contributed by atoms with Crippen molar-refractivity contribution in [1.29, 1.82) is 0 Å². The summed E-state index contributed by atoms with van der Waals surface area (Å²) in [5, 5.41) is 3.96. The second kappa shape index (κ2) is 6.21. The predicted molar refractivity (Wildman–Crippen MR) is 105 cm³/mol. The van der Waals surface area contributed by atoms with Crippen LogP contribution in [0.5, 0.6) is 11.5 Å². The van der Waals surface area contributed by atoms with Gasteiger partial charge in [0.2, 0.25) is 5.95 Å². The predicted octanol–water partition coefficient (Wildman–Crippen LogP) is 3.79. The fourth-order valence-corrected chi connectivity index (χ4v) is 3.63. The summed E-state index contributed by atoms with van der Waals surface area (Å²) in [6.07, 6.45) is 0.414. The Morgan fingerprint density at radius 2 is 1.85 bits per heavy atom. The highest BCUT2D eigenvalue weighted by Gasteiger charge is 2.27. The summed E-state index contributed by atoms with van der Waals surface area (Å²) >= 11 is 12.3. The van der Waals surface area contributed by atoms with Gasteiger partial charge < -0.3 is 15.2 Å². The van der Waals surface area contributed by atoms with Crippen molar-refractivity contribution in [3.63, 3.8) is 0 Å². The zero-order valence-corrected chi connectivity index (χ0v) is 15.6. The Morgan fingerprint density at radius 1 is 1.07 bits per heavy atom. The Labute approximate surface area is 164 Å². The zero-order valence-electron chi connectivity index (χ0n) is 14.1. The van der Waals surface area contributed by atoms with Gasteiger partial charge in [-0.15, -0.1) is 0 Å². The molecule has 9 heteroatoms. The number of fused-ring (bicyclic) bond motifs is 4. The molecule has 3 heterocycles. The van der Waals surface area contributed by atoms with E-state index in [0.29, 0.717) is 40.7 Å². The van der Waals surface area contributed by atoms with E-state index in [2.05, 4.69) is 15.3 Å². The van der Waals surface area contributed by atoms with Crippen molar-refractivity contribution < 1.29 is 9.47 Å². The number of hydrogen-bond donors (Lipinski definition) is 2. The van der Waals surface area contributed by atoms with Crippen molar-refractivity contribution in [3.05, 3.63) is 45.9 Å². The number of nitrogens with zero attached hydrogens (tertiary/aromatic N) is 3. The van der Waals surface area contributed by atoms with E-state index in [-0.39, 0.29) is 5.96 Å². The summed E-state index contributed by atoms with van der Waals surface area (Å²) in [6.45, 7) is 1.23. The fraction of sp³-hybridized carbons (Fsp3) is 0.222. The molecule has 0 saturated heterocycles. The Balaban J connectivity index is 1.71. The first-order valence-electron chi connectivity index (χ1n) is 8.47. The minimum absolute atomic E-state index is 0.281. The van der Waals surface area contributed by atoms with Crippen LogP contribution in [0.25, 0.3) is 11.0 Å². The van der Waals surface area contributed by atoms with Crippen LogP contribution >= 0.6 is 23.2 Å². The number of benzene rings is 2. The number of aromatic nitrogens is 2. The monoisotopic (exact) mass is 403 g/mol. The summed E-state index contributed by atoms with van der Waals surface area (Å²) in [4.78, 5) is 9.20. The minimum Gasteiger partial charge on any atom is -0.489 e. The van der Waals surface area contributed by atoms with Crippen LogP contribution in [0.3, 0.4) is 0 Å². The number of anilines is 1. The quantitative estimate of drug-likeness (QED) is 0.645. The molecule has 27 heavy (non-hydrogen) atoms. The molecule has 0 radical (unpaired) electrons. The largest absolute Gasteiger partial charge is 0.489 e. The second-order valence-corrected chi connectivity index (χ2v) is 7.14.